The zero-order valence-corrected chi connectivity index (χ0v) is 17.6. The molecular formula is C23H22Cl2N2O2. The quantitative estimate of drug-likeness (QED) is 0.608. The highest BCUT2D eigenvalue weighted by Crippen LogP contribution is 2.53. The van der Waals surface area contributed by atoms with Crippen molar-refractivity contribution in [3.63, 3.8) is 0 Å². The molecule has 1 saturated heterocycles. The van der Waals surface area contributed by atoms with Crippen LogP contribution in [-0.4, -0.2) is 29.9 Å². The number of fused-ring (bicyclic) bond motifs is 2. The van der Waals surface area contributed by atoms with E-state index in [1.807, 2.05) is 30.5 Å². The van der Waals surface area contributed by atoms with E-state index in [-0.39, 0.29) is 17.5 Å². The molecule has 4 nitrogen and oxygen atoms in total. The van der Waals surface area contributed by atoms with Gasteiger partial charge in [0, 0.05) is 28.2 Å². The van der Waals surface area contributed by atoms with Gasteiger partial charge in [-0.3, -0.25) is 4.99 Å². The maximum absolute atomic E-state index is 11.6. The summed E-state index contributed by atoms with van der Waals surface area (Å²) in [4.78, 5) is 16.3. The molecule has 2 aliphatic heterocycles. The summed E-state index contributed by atoms with van der Waals surface area (Å²) in [6.07, 6.45) is 3.65. The molecule has 0 aromatic heterocycles. The molecule has 0 radical (unpaired) electrons. The fraction of sp³-hybridized carbons (Fsp3) is 0.304. The van der Waals surface area contributed by atoms with E-state index in [4.69, 9.17) is 28.2 Å². The number of benzene rings is 2. The summed E-state index contributed by atoms with van der Waals surface area (Å²) in [5.74, 6) is -0.987. The van der Waals surface area contributed by atoms with E-state index in [0.29, 0.717) is 10.0 Å². The molecule has 150 valence electrons. The number of nitrogens with one attached hydrogen (secondary N) is 1. The first-order chi connectivity index (χ1) is 13.9. The number of rotatable bonds is 4. The minimum atomic E-state index is -0.987. The fourth-order valence-electron chi connectivity index (χ4n) is 4.78. The number of carboxylic acids is 1. The normalized spacial score (nSPS) is 25.2. The highest BCUT2D eigenvalue weighted by molar-refractivity contribution is 6.31. The third-order valence-electron chi connectivity index (χ3n) is 6.11. The highest BCUT2D eigenvalue weighted by Gasteiger charge is 2.52. The Morgan fingerprint density at radius 2 is 2.07 bits per heavy atom. The van der Waals surface area contributed by atoms with Crippen LogP contribution in [0.5, 0.6) is 0 Å². The van der Waals surface area contributed by atoms with E-state index in [2.05, 4.69) is 18.8 Å². The molecule has 0 bridgehead atoms. The molecule has 0 saturated carbocycles. The summed E-state index contributed by atoms with van der Waals surface area (Å²) in [5.41, 5.74) is 3.63. The smallest absolute Gasteiger partial charge is 0.335 e. The van der Waals surface area contributed by atoms with Crippen molar-refractivity contribution >= 4 is 41.1 Å². The molecule has 2 N–H and O–H groups in total. The molecule has 4 rings (SSSR count). The summed E-state index contributed by atoms with van der Waals surface area (Å²) >= 11 is 12.5. The average molecular weight is 429 g/mol. The van der Waals surface area contributed by atoms with Crippen LogP contribution in [0, 0.1) is 0 Å². The van der Waals surface area contributed by atoms with Crippen molar-refractivity contribution in [1.82, 2.24) is 5.32 Å². The van der Waals surface area contributed by atoms with Crippen LogP contribution in [0.25, 0.3) is 0 Å². The third kappa shape index (κ3) is 3.29. The molecule has 29 heavy (non-hydrogen) atoms. The number of carbonyl (C=O) groups is 1. The van der Waals surface area contributed by atoms with Crippen molar-refractivity contribution < 1.29 is 9.90 Å². The van der Waals surface area contributed by atoms with E-state index >= 15 is 0 Å². The van der Waals surface area contributed by atoms with Crippen LogP contribution in [0.3, 0.4) is 0 Å². The van der Waals surface area contributed by atoms with Crippen molar-refractivity contribution in [2.75, 3.05) is 6.54 Å². The van der Waals surface area contributed by atoms with Gasteiger partial charge < -0.3 is 10.4 Å². The van der Waals surface area contributed by atoms with Gasteiger partial charge >= 0.3 is 5.97 Å². The van der Waals surface area contributed by atoms with E-state index in [0.717, 1.165) is 41.8 Å². The van der Waals surface area contributed by atoms with E-state index < -0.39 is 11.4 Å². The Bertz CT molecular complexity index is 1030. The van der Waals surface area contributed by atoms with E-state index in [1.54, 1.807) is 6.07 Å². The van der Waals surface area contributed by atoms with E-state index in [1.165, 1.54) is 6.07 Å². The lowest BCUT2D eigenvalue weighted by atomic mass is 9.60. The molecule has 0 aliphatic carbocycles. The van der Waals surface area contributed by atoms with Gasteiger partial charge in [-0.05, 0) is 60.8 Å². The molecule has 0 unspecified atom stereocenters. The molecule has 2 heterocycles. The molecule has 0 amide bonds. The second kappa shape index (κ2) is 7.60. The van der Waals surface area contributed by atoms with Gasteiger partial charge in [0.05, 0.1) is 16.7 Å². The summed E-state index contributed by atoms with van der Waals surface area (Å²) in [6.45, 7) is 7.22. The molecule has 3 atom stereocenters. The zero-order chi connectivity index (χ0) is 20.8. The maximum Gasteiger partial charge on any atom is 0.335 e. The summed E-state index contributed by atoms with van der Waals surface area (Å²) in [6, 6.07) is 10.9. The molecule has 1 fully saturated rings. The summed E-state index contributed by atoms with van der Waals surface area (Å²) in [5, 5.41) is 14.2. The van der Waals surface area contributed by atoms with Gasteiger partial charge in [0.2, 0.25) is 0 Å². The average Bonchev–Trinajstić information content (AvgIpc) is 3.05. The second-order valence-corrected chi connectivity index (χ2v) is 8.54. The number of piperidine rings is 1. The topological polar surface area (TPSA) is 61.7 Å². The van der Waals surface area contributed by atoms with Crippen molar-refractivity contribution in [1.29, 1.82) is 0 Å². The van der Waals surface area contributed by atoms with Gasteiger partial charge in [0.1, 0.15) is 0 Å². The van der Waals surface area contributed by atoms with Gasteiger partial charge in [-0.15, -0.1) is 0 Å². The third-order valence-corrected chi connectivity index (χ3v) is 6.56. The lowest BCUT2D eigenvalue weighted by Crippen LogP contribution is -2.57. The molecule has 6 heteroatoms. The number of halogens is 2. The van der Waals surface area contributed by atoms with Gasteiger partial charge in [0.15, 0.2) is 0 Å². The van der Waals surface area contributed by atoms with Crippen LogP contribution in [0.1, 0.15) is 47.2 Å². The first-order valence-corrected chi connectivity index (χ1v) is 10.4. The van der Waals surface area contributed by atoms with Gasteiger partial charge in [0.25, 0.3) is 0 Å². The lowest BCUT2D eigenvalue weighted by Gasteiger charge is -2.48. The monoisotopic (exact) mass is 428 g/mol. The number of hydrogen-bond acceptors (Lipinski definition) is 3. The van der Waals surface area contributed by atoms with Gasteiger partial charge in [-0.1, -0.05) is 48.3 Å². The number of hydrogen-bond donors (Lipinski definition) is 2. The first-order valence-electron chi connectivity index (χ1n) is 9.67. The van der Waals surface area contributed by atoms with Crippen LogP contribution in [0.15, 0.2) is 53.5 Å². The Balaban J connectivity index is 1.94. The summed E-state index contributed by atoms with van der Waals surface area (Å²) in [7, 11) is 0. The Morgan fingerprint density at radius 3 is 2.79 bits per heavy atom. The lowest BCUT2D eigenvalue weighted by molar-refractivity contribution is 0.0696. The van der Waals surface area contributed by atoms with Crippen molar-refractivity contribution in [3.05, 3.63) is 75.3 Å². The fourth-order valence-corrected chi connectivity index (χ4v) is 5.19. The Hall–Kier alpha value is -2.14. The minimum Gasteiger partial charge on any atom is -0.478 e. The van der Waals surface area contributed by atoms with E-state index in [9.17, 15) is 9.90 Å². The van der Waals surface area contributed by atoms with Crippen molar-refractivity contribution in [2.45, 2.75) is 37.1 Å². The Kier molecular flexibility index (Phi) is 5.28. The number of aliphatic imine (C=N–C) groups is 1. The number of nitrogens with zero attached hydrogens (tertiary/aromatic N) is 1. The SMILES string of the molecule is C=C(CC)[C@H]1NCC[C@@H](c2cc(Cl)cc(C(=O)O)c2)[C@]12C=Nc1cc(Cl)ccc12. The van der Waals surface area contributed by atoms with Crippen molar-refractivity contribution in [2.24, 2.45) is 4.99 Å². The largest absolute Gasteiger partial charge is 0.478 e. The number of aromatic carboxylic acids is 1. The summed E-state index contributed by atoms with van der Waals surface area (Å²) < 4.78 is 0. The predicted octanol–water partition coefficient (Wildman–Crippen LogP) is 5.76. The zero-order valence-electron chi connectivity index (χ0n) is 16.1. The second-order valence-electron chi connectivity index (χ2n) is 7.67. The molecule has 2 aliphatic rings. The number of carboxylic acid groups (broad SMARTS) is 1. The van der Waals surface area contributed by atoms with Crippen LogP contribution in [0.4, 0.5) is 5.69 Å². The predicted molar refractivity (Wildman–Crippen MR) is 118 cm³/mol. The van der Waals surface area contributed by atoms with Crippen LogP contribution in [0.2, 0.25) is 10.0 Å². The molecule has 2 aromatic carbocycles. The molecule has 2 aromatic rings. The van der Waals surface area contributed by atoms with Crippen LogP contribution >= 0.6 is 23.2 Å². The van der Waals surface area contributed by atoms with Gasteiger partial charge in [-0.2, -0.15) is 0 Å². The van der Waals surface area contributed by atoms with Crippen LogP contribution < -0.4 is 5.32 Å². The Labute approximate surface area is 180 Å². The van der Waals surface area contributed by atoms with Gasteiger partial charge in [-0.25, -0.2) is 4.79 Å². The minimum absolute atomic E-state index is 0.0000236. The van der Waals surface area contributed by atoms with Crippen LogP contribution in [-0.2, 0) is 5.41 Å². The maximum atomic E-state index is 11.6. The standard InChI is InChI=1S/C23H22Cl2N2O2/c1-3-13(2)21-23(12-27-20-11-16(24)4-5-19(20)23)18(6-7-26-21)14-8-15(22(28)29)10-17(25)9-14/h4-5,8-12,18,21,26H,2-3,6-7H2,1H3,(H,28,29)/t18-,21+,23-/m0/s1. The molecular weight excluding hydrogens is 407 g/mol. The first kappa shape index (κ1) is 20.1. The Morgan fingerprint density at radius 1 is 1.28 bits per heavy atom. The molecule has 1 spiro atoms. The highest BCUT2D eigenvalue weighted by atomic mass is 35.5. The van der Waals surface area contributed by atoms with Crippen molar-refractivity contribution in [3.8, 4) is 0 Å².